The SMILES string of the molecule is CCNc1cc(C)ncc1C(=O)NC1CCC(C)C1. The van der Waals surface area contributed by atoms with Crippen molar-refractivity contribution >= 4 is 11.6 Å². The van der Waals surface area contributed by atoms with Gasteiger partial charge in [-0.1, -0.05) is 6.92 Å². The number of aromatic nitrogens is 1. The minimum absolute atomic E-state index is 0.0115. The maximum absolute atomic E-state index is 12.3. The molecule has 0 bridgehead atoms. The molecule has 1 amide bonds. The number of pyridine rings is 1. The summed E-state index contributed by atoms with van der Waals surface area (Å²) in [4.78, 5) is 16.6. The molecule has 1 aromatic heterocycles. The molecule has 0 radical (unpaired) electrons. The van der Waals surface area contributed by atoms with Crippen molar-refractivity contribution in [1.29, 1.82) is 0 Å². The zero-order chi connectivity index (χ0) is 13.8. The normalized spacial score (nSPS) is 22.3. The second kappa shape index (κ2) is 6.04. The van der Waals surface area contributed by atoms with Crippen LogP contribution in [0.1, 0.15) is 49.2 Å². The molecule has 4 nitrogen and oxygen atoms in total. The predicted molar refractivity (Wildman–Crippen MR) is 77.4 cm³/mol. The third-order valence-corrected chi connectivity index (χ3v) is 3.68. The van der Waals surface area contributed by atoms with E-state index in [1.165, 1.54) is 6.42 Å². The third kappa shape index (κ3) is 3.46. The van der Waals surface area contributed by atoms with E-state index in [1.54, 1.807) is 6.20 Å². The number of nitrogens with zero attached hydrogens (tertiary/aromatic N) is 1. The van der Waals surface area contributed by atoms with E-state index in [0.29, 0.717) is 11.6 Å². The topological polar surface area (TPSA) is 54.0 Å². The van der Waals surface area contributed by atoms with Gasteiger partial charge in [0.05, 0.1) is 11.3 Å². The monoisotopic (exact) mass is 261 g/mol. The molecular formula is C15H23N3O. The standard InChI is InChI=1S/C15H23N3O/c1-4-16-14-8-11(3)17-9-13(14)15(19)18-12-6-5-10(2)7-12/h8-10,12H,4-7H2,1-3H3,(H,16,17)(H,18,19). The zero-order valence-corrected chi connectivity index (χ0v) is 12.0. The summed E-state index contributed by atoms with van der Waals surface area (Å²) in [6.45, 7) is 6.99. The first kappa shape index (κ1) is 13.8. The number of nitrogens with one attached hydrogen (secondary N) is 2. The Morgan fingerprint density at radius 2 is 2.26 bits per heavy atom. The van der Waals surface area contributed by atoms with Crippen LogP contribution in [0.2, 0.25) is 0 Å². The second-order valence-corrected chi connectivity index (χ2v) is 5.49. The van der Waals surface area contributed by atoms with E-state index >= 15 is 0 Å². The summed E-state index contributed by atoms with van der Waals surface area (Å²) < 4.78 is 0. The number of aryl methyl sites for hydroxylation is 1. The van der Waals surface area contributed by atoms with E-state index < -0.39 is 0 Å². The molecule has 1 aliphatic rings. The van der Waals surface area contributed by atoms with Crippen molar-refractivity contribution in [3.63, 3.8) is 0 Å². The van der Waals surface area contributed by atoms with Gasteiger partial charge in [-0.25, -0.2) is 0 Å². The smallest absolute Gasteiger partial charge is 0.255 e. The zero-order valence-electron chi connectivity index (χ0n) is 12.0. The van der Waals surface area contributed by atoms with Crippen LogP contribution >= 0.6 is 0 Å². The van der Waals surface area contributed by atoms with Crippen LogP contribution in [0.15, 0.2) is 12.3 Å². The number of hydrogen-bond acceptors (Lipinski definition) is 3. The van der Waals surface area contributed by atoms with Crippen LogP contribution < -0.4 is 10.6 Å². The number of amides is 1. The molecule has 104 valence electrons. The van der Waals surface area contributed by atoms with Gasteiger partial charge >= 0.3 is 0 Å². The average Bonchev–Trinajstić information content (AvgIpc) is 2.75. The van der Waals surface area contributed by atoms with Crippen molar-refractivity contribution < 1.29 is 4.79 Å². The Labute approximate surface area is 115 Å². The van der Waals surface area contributed by atoms with Gasteiger partial charge in [0.15, 0.2) is 0 Å². The number of carbonyl (C=O) groups is 1. The van der Waals surface area contributed by atoms with E-state index in [1.807, 2.05) is 19.9 Å². The number of carbonyl (C=O) groups excluding carboxylic acids is 1. The Morgan fingerprint density at radius 3 is 2.89 bits per heavy atom. The second-order valence-electron chi connectivity index (χ2n) is 5.49. The molecule has 0 aliphatic heterocycles. The summed E-state index contributed by atoms with van der Waals surface area (Å²) in [6.07, 6.45) is 5.04. The van der Waals surface area contributed by atoms with E-state index in [-0.39, 0.29) is 5.91 Å². The highest BCUT2D eigenvalue weighted by Crippen LogP contribution is 2.25. The largest absolute Gasteiger partial charge is 0.385 e. The summed E-state index contributed by atoms with van der Waals surface area (Å²) in [6, 6.07) is 2.24. The fourth-order valence-electron chi connectivity index (χ4n) is 2.68. The van der Waals surface area contributed by atoms with Gasteiger partial charge in [-0.3, -0.25) is 9.78 Å². The molecule has 1 heterocycles. The van der Waals surface area contributed by atoms with Crippen LogP contribution in [0.3, 0.4) is 0 Å². The number of anilines is 1. The minimum atomic E-state index is -0.0115. The molecule has 19 heavy (non-hydrogen) atoms. The Morgan fingerprint density at radius 1 is 1.47 bits per heavy atom. The third-order valence-electron chi connectivity index (χ3n) is 3.68. The lowest BCUT2D eigenvalue weighted by molar-refractivity contribution is 0.0937. The van der Waals surface area contributed by atoms with Crippen molar-refractivity contribution in [2.45, 2.75) is 46.1 Å². The van der Waals surface area contributed by atoms with Gasteiger partial charge in [-0.05, 0) is 45.1 Å². The average molecular weight is 261 g/mol. The van der Waals surface area contributed by atoms with Gasteiger partial charge in [0.1, 0.15) is 0 Å². The van der Waals surface area contributed by atoms with Crippen LogP contribution in [-0.2, 0) is 0 Å². The Kier molecular flexibility index (Phi) is 4.40. The number of rotatable bonds is 4. The molecule has 2 unspecified atom stereocenters. The predicted octanol–water partition coefficient (Wildman–Crippen LogP) is 2.74. The van der Waals surface area contributed by atoms with E-state index in [9.17, 15) is 4.79 Å². The van der Waals surface area contributed by atoms with Crippen LogP contribution in [0.25, 0.3) is 0 Å². The van der Waals surface area contributed by atoms with Gasteiger partial charge in [0.25, 0.3) is 5.91 Å². The fraction of sp³-hybridized carbons (Fsp3) is 0.600. The maximum atomic E-state index is 12.3. The lowest BCUT2D eigenvalue weighted by atomic mass is 10.1. The van der Waals surface area contributed by atoms with Crippen LogP contribution in [-0.4, -0.2) is 23.5 Å². The van der Waals surface area contributed by atoms with Crippen molar-refractivity contribution in [1.82, 2.24) is 10.3 Å². The lowest BCUT2D eigenvalue weighted by Crippen LogP contribution is -2.33. The van der Waals surface area contributed by atoms with Crippen molar-refractivity contribution in [2.24, 2.45) is 5.92 Å². The van der Waals surface area contributed by atoms with Gasteiger partial charge < -0.3 is 10.6 Å². The Bertz CT molecular complexity index is 459. The fourth-order valence-corrected chi connectivity index (χ4v) is 2.68. The first-order valence-electron chi connectivity index (χ1n) is 7.11. The molecule has 4 heteroatoms. The molecule has 2 N–H and O–H groups in total. The van der Waals surface area contributed by atoms with Crippen LogP contribution in [0.4, 0.5) is 5.69 Å². The Balaban J connectivity index is 2.09. The van der Waals surface area contributed by atoms with E-state index in [0.717, 1.165) is 36.7 Å². The van der Waals surface area contributed by atoms with E-state index in [4.69, 9.17) is 0 Å². The van der Waals surface area contributed by atoms with Crippen LogP contribution in [0, 0.1) is 12.8 Å². The highest BCUT2D eigenvalue weighted by molar-refractivity contribution is 5.99. The number of hydrogen-bond donors (Lipinski definition) is 2. The Hall–Kier alpha value is -1.58. The molecule has 0 spiro atoms. The maximum Gasteiger partial charge on any atom is 0.255 e. The summed E-state index contributed by atoms with van der Waals surface area (Å²) in [5.41, 5.74) is 2.44. The molecule has 2 rings (SSSR count). The minimum Gasteiger partial charge on any atom is -0.385 e. The first-order valence-corrected chi connectivity index (χ1v) is 7.11. The summed E-state index contributed by atoms with van der Waals surface area (Å²) in [5.74, 6) is 0.706. The summed E-state index contributed by atoms with van der Waals surface area (Å²) >= 11 is 0. The van der Waals surface area contributed by atoms with Crippen molar-refractivity contribution in [2.75, 3.05) is 11.9 Å². The highest BCUT2D eigenvalue weighted by atomic mass is 16.1. The van der Waals surface area contributed by atoms with Gasteiger partial charge in [0.2, 0.25) is 0 Å². The van der Waals surface area contributed by atoms with Crippen LogP contribution in [0.5, 0.6) is 0 Å². The summed E-state index contributed by atoms with van der Waals surface area (Å²) in [7, 11) is 0. The van der Waals surface area contributed by atoms with Crippen molar-refractivity contribution in [3.8, 4) is 0 Å². The first-order chi connectivity index (χ1) is 9.10. The molecule has 2 atom stereocenters. The molecular weight excluding hydrogens is 238 g/mol. The molecule has 1 saturated carbocycles. The molecule has 1 fully saturated rings. The molecule has 0 aromatic carbocycles. The highest BCUT2D eigenvalue weighted by Gasteiger charge is 2.24. The quantitative estimate of drug-likeness (QED) is 0.876. The van der Waals surface area contributed by atoms with Crippen molar-refractivity contribution in [3.05, 3.63) is 23.5 Å². The molecule has 1 aliphatic carbocycles. The van der Waals surface area contributed by atoms with Gasteiger partial charge in [0, 0.05) is 24.5 Å². The lowest BCUT2D eigenvalue weighted by Gasteiger charge is -2.15. The molecule has 1 aromatic rings. The van der Waals surface area contributed by atoms with Gasteiger partial charge in [-0.2, -0.15) is 0 Å². The summed E-state index contributed by atoms with van der Waals surface area (Å²) in [5, 5.41) is 6.36. The van der Waals surface area contributed by atoms with E-state index in [2.05, 4.69) is 22.5 Å². The van der Waals surface area contributed by atoms with Gasteiger partial charge in [-0.15, -0.1) is 0 Å². The molecule has 0 saturated heterocycles.